The monoisotopic (exact) mass is 274 g/mol. The molecule has 0 saturated carbocycles. The summed E-state index contributed by atoms with van der Waals surface area (Å²) in [5, 5.41) is 3.58. The maximum atomic E-state index is 4.87. The van der Waals surface area contributed by atoms with E-state index in [9.17, 15) is 0 Å². The largest absolute Gasteiger partial charge is 0.307 e. The van der Waals surface area contributed by atoms with Crippen LogP contribution in [0.1, 0.15) is 37.2 Å². The van der Waals surface area contributed by atoms with Crippen molar-refractivity contribution in [3.05, 3.63) is 24.2 Å². The highest BCUT2D eigenvalue weighted by Gasteiger charge is 2.28. The molecule has 2 aliphatic heterocycles. The molecular formula is C14H18N4S. The van der Waals surface area contributed by atoms with Gasteiger partial charge >= 0.3 is 0 Å². The van der Waals surface area contributed by atoms with Gasteiger partial charge in [0.1, 0.15) is 11.3 Å². The van der Waals surface area contributed by atoms with Crippen LogP contribution in [-0.2, 0) is 0 Å². The number of thioether (sulfide) groups is 1. The molecule has 5 heteroatoms. The van der Waals surface area contributed by atoms with Gasteiger partial charge in [0.2, 0.25) is 0 Å². The molecule has 2 aliphatic rings. The first kappa shape index (κ1) is 11.7. The molecule has 2 fully saturated rings. The molecule has 4 heterocycles. The van der Waals surface area contributed by atoms with E-state index in [4.69, 9.17) is 4.98 Å². The Labute approximate surface area is 117 Å². The van der Waals surface area contributed by atoms with Crippen molar-refractivity contribution in [1.82, 2.24) is 19.9 Å². The summed E-state index contributed by atoms with van der Waals surface area (Å²) in [4.78, 5) is 9.45. The first-order valence-corrected chi connectivity index (χ1v) is 8.23. The van der Waals surface area contributed by atoms with Crippen molar-refractivity contribution >= 4 is 22.9 Å². The number of imidazole rings is 1. The van der Waals surface area contributed by atoms with Gasteiger partial charge in [-0.1, -0.05) is 0 Å². The molecule has 0 amide bonds. The van der Waals surface area contributed by atoms with Gasteiger partial charge in [0.15, 0.2) is 5.65 Å². The fourth-order valence-electron chi connectivity index (χ4n) is 3.18. The number of pyridine rings is 1. The van der Waals surface area contributed by atoms with Gasteiger partial charge in [-0.15, -0.1) is 0 Å². The fourth-order valence-corrected chi connectivity index (χ4v) is 4.38. The highest BCUT2D eigenvalue weighted by molar-refractivity contribution is 7.99. The van der Waals surface area contributed by atoms with Gasteiger partial charge < -0.3 is 9.88 Å². The second-order valence-corrected chi connectivity index (χ2v) is 6.50. The third-order valence-electron chi connectivity index (χ3n) is 4.12. The molecule has 19 heavy (non-hydrogen) atoms. The van der Waals surface area contributed by atoms with Gasteiger partial charge in [-0.25, -0.2) is 9.97 Å². The van der Waals surface area contributed by atoms with E-state index in [0.29, 0.717) is 12.1 Å². The number of hydrogen-bond acceptors (Lipinski definition) is 4. The Balaban J connectivity index is 1.87. The van der Waals surface area contributed by atoms with Crippen LogP contribution in [0.5, 0.6) is 0 Å². The van der Waals surface area contributed by atoms with Crippen LogP contribution >= 0.6 is 11.8 Å². The molecule has 2 saturated heterocycles. The number of aromatic nitrogens is 3. The SMILES string of the molecule is c1cnc2c(c1)nc(C1CCCN1)n2C1CCSC1. The second kappa shape index (κ2) is 4.80. The Hall–Kier alpha value is -1.07. The van der Waals surface area contributed by atoms with E-state index in [1.165, 1.54) is 36.6 Å². The summed E-state index contributed by atoms with van der Waals surface area (Å²) >= 11 is 2.04. The van der Waals surface area contributed by atoms with Crippen LogP contribution in [0, 0.1) is 0 Å². The third kappa shape index (κ3) is 1.96. The van der Waals surface area contributed by atoms with Gasteiger partial charge in [-0.05, 0) is 43.7 Å². The Morgan fingerprint density at radius 3 is 3.16 bits per heavy atom. The van der Waals surface area contributed by atoms with Gasteiger partial charge in [-0.3, -0.25) is 0 Å². The fraction of sp³-hybridized carbons (Fsp3) is 0.571. The first-order chi connectivity index (χ1) is 9.43. The predicted molar refractivity (Wildman–Crippen MR) is 78.5 cm³/mol. The molecule has 0 bridgehead atoms. The molecule has 2 unspecified atom stereocenters. The van der Waals surface area contributed by atoms with E-state index < -0.39 is 0 Å². The van der Waals surface area contributed by atoms with Gasteiger partial charge in [-0.2, -0.15) is 11.8 Å². The highest BCUT2D eigenvalue weighted by Crippen LogP contribution is 2.34. The van der Waals surface area contributed by atoms with Crippen molar-refractivity contribution in [3.8, 4) is 0 Å². The lowest BCUT2D eigenvalue weighted by molar-refractivity contribution is 0.496. The van der Waals surface area contributed by atoms with Crippen molar-refractivity contribution in [2.45, 2.75) is 31.3 Å². The standard InChI is InChI=1S/C14H18N4S/c1-3-11(15-6-1)14-17-12-4-2-7-16-13(12)18(14)10-5-8-19-9-10/h2,4,7,10-11,15H,1,3,5-6,8-9H2. The minimum atomic E-state index is 0.416. The van der Waals surface area contributed by atoms with Crippen LogP contribution in [0.15, 0.2) is 18.3 Å². The quantitative estimate of drug-likeness (QED) is 0.914. The molecule has 2 atom stereocenters. The summed E-state index contributed by atoms with van der Waals surface area (Å²) in [5.41, 5.74) is 2.11. The van der Waals surface area contributed by atoms with Crippen LogP contribution in [0.4, 0.5) is 0 Å². The Bertz CT molecular complexity index is 582. The molecular weight excluding hydrogens is 256 g/mol. The molecule has 4 nitrogen and oxygen atoms in total. The van der Waals surface area contributed by atoms with Gasteiger partial charge in [0, 0.05) is 18.0 Å². The molecule has 0 spiro atoms. The number of fused-ring (bicyclic) bond motifs is 1. The van der Waals surface area contributed by atoms with Crippen molar-refractivity contribution in [1.29, 1.82) is 0 Å². The lowest BCUT2D eigenvalue weighted by Gasteiger charge is -2.18. The minimum Gasteiger partial charge on any atom is -0.307 e. The normalized spacial score (nSPS) is 27.4. The second-order valence-electron chi connectivity index (χ2n) is 5.35. The summed E-state index contributed by atoms with van der Waals surface area (Å²) in [6.45, 7) is 1.11. The molecule has 0 radical (unpaired) electrons. The summed E-state index contributed by atoms with van der Waals surface area (Å²) in [6, 6.07) is 5.05. The molecule has 100 valence electrons. The minimum absolute atomic E-state index is 0.416. The van der Waals surface area contributed by atoms with E-state index in [1.54, 1.807) is 0 Å². The average molecular weight is 274 g/mol. The van der Waals surface area contributed by atoms with E-state index in [2.05, 4.69) is 20.9 Å². The maximum Gasteiger partial charge on any atom is 0.160 e. The van der Waals surface area contributed by atoms with E-state index in [0.717, 1.165) is 17.7 Å². The zero-order valence-electron chi connectivity index (χ0n) is 10.9. The van der Waals surface area contributed by atoms with E-state index in [1.807, 2.05) is 24.0 Å². The van der Waals surface area contributed by atoms with Crippen molar-refractivity contribution in [2.24, 2.45) is 0 Å². The Kier molecular flexibility index (Phi) is 2.96. The van der Waals surface area contributed by atoms with E-state index in [-0.39, 0.29) is 0 Å². The average Bonchev–Trinajstić information content (AvgIpc) is 3.17. The third-order valence-corrected chi connectivity index (χ3v) is 5.26. The highest BCUT2D eigenvalue weighted by atomic mass is 32.2. The Morgan fingerprint density at radius 1 is 1.37 bits per heavy atom. The zero-order valence-corrected chi connectivity index (χ0v) is 11.7. The lowest BCUT2D eigenvalue weighted by Crippen LogP contribution is -2.21. The van der Waals surface area contributed by atoms with Crippen LogP contribution in [0.2, 0.25) is 0 Å². The zero-order chi connectivity index (χ0) is 12.7. The number of nitrogens with zero attached hydrogens (tertiary/aromatic N) is 3. The van der Waals surface area contributed by atoms with Crippen LogP contribution in [0.3, 0.4) is 0 Å². The van der Waals surface area contributed by atoms with E-state index >= 15 is 0 Å². The molecule has 0 aromatic carbocycles. The number of rotatable bonds is 2. The summed E-state index contributed by atoms with van der Waals surface area (Å²) in [7, 11) is 0. The molecule has 4 rings (SSSR count). The first-order valence-electron chi connectivity index (χ1n) is 7.07. The number of nitrogens with one attached hydrogen (secondary N) is 1. The van der Waals surface area contributed by atoms with Crippen LogP contribution in [-0.4, -0.2) is 32.6 Å². The van der Waals surface area contributed by atoms with Crippen molar-refractivity contribution < 1.29 is 0 Å². The van der Waals surface area contributed by atoms with Crippen molar-refractivity contribution in [3.63, 3.8) is 0 Å². The molecule has 0 aliphatic carbocycles. The van der Waals surface area contributed by atoms with Gasteiger partial charge in [0.05, 0.1) is 6.04 Å². The predicted octanol–water partition coefficient (Wildman–Crippen LogP) is 2.53. The Morgan fingerprint density at radius 2 is 2.37 bits per heavy atom. The smallest absolute Gasteiger partial charge is 0.160 e. The maximum absolute atomic E-state index is 4.87. The molecule has 2 aromatic heterocycles. The topological polar surface area (TPSA) is 42.7 Å². The molecule has 2 aromatic rings. The van der Waals surface area contributed by atoms with Crippen LogP contribution < -0.4 is 5.32 Å². The summed E-state index contributed by atoms with van der Waals surface area (Å²) in [5.74, 6) is 3.66. The summed E-state index contributed by atoms with van der Waals surface area (Å²) < 4.78 is 2.42. The van der Waals surface area contributed by atoms with Crippen LogP contribution in [0.25, 0.3) is 11.2 Å². The lowest BCUT2D eigenvalue weighted by atomic mass is 10.2. The van der Waals surface area contributed by atoms with Crippen molar-refractivity contribution in [2.75, 3.05) is 18.1 Å². The summed E-state index contributed by atoms with van der Waals surface area (Å²) in [6.07, 6.45) is 5.57. The molecule has 1 N–H and O–H groups in total. The number of hydrogen-bond donors (Lipinski definition) is 1. The van der Waals surface area contributed by atoms with Gasteiger partial charge in [0.25, 0.3) is 0 Å².